The van der Waals surface area contributed by atoms with Gasteiger partial charge >= 0.3 is 5.97 Å². The van der Waals surface area contributed by atoms with Gasteiger partial charge in [0.15, 0.2) is 0 Å². The molecule has 0 bridgehead atoms. The Morgan fingerprint density at radius 3 is 2.69 bits per heavy atom. The quantitative estimate of drug-likeness (QED) is 0.267. The van der Waals surface area contributed by atoms with Crippen molar-refractivity contribution in [3.05, 3.63) is 23.4 Å². The van der Waals surface area contributed by atoms with Crippen LogP contribution >= 0.6 is 0 Å². The fourth-order valence-corrected chi connectivity index (χ4v) is 6.27. The SMILES string of the molecule is CCOC(=O)[C@]12CCC=C1N(CCC1=CCCCC1)C(=O)[C@H](CC(=O)NCCCN1CCCC1=O)C2. The second-order valence-electron chi connectivity index (χ2n) is 10.6. The second kappa shape index (κ2) is 12.1. The van der Waals surface area contributed by atoms with Crippen LogP contribution in [0.25, 0.3) is 0 Å². The van der Waals surface area contributed by atoms with Crippen molar-refractivity contribution in [2.75, 3.05) is 32.8 Å². The molecule has 8 heteroatoms. The number of amides is 3. The van der Waals surface area contributed by atoms with Crippen molar-refractivity contribution in [3.63, 3.8) is 0 Å². The lowest BCUT2D eigenvalue weighted by molar-refractivity contribution is -0.160. The Morgan fingerprint density at radius 2 is 1.97 bits per heavy atom. The van der Waals surface area contributed by atoms with Gasteiger partial charge in [-0.1, -0.05) is 17.7 Å². The molecule has 0 saturated carbocycles. The Labute approximate surface area is 214 Å². The highest BCUT2D eigenvalue weighted by molar-refractivity contribution is 5.92. The van der Waals surface area contributed by atoms with Gasteiger partial charge in [-0.25, -0.2) is 0 Å². The number of nitrogens with one attached hydrogen (secondary N) is 1. The van der Waals surface area contributed by atoms with E-state index in [1.165, 1.54) is 18.4 Å². The molecular formula is C28H41N3O5. The molecule has 2 aliphatic heterocycles. The number of carbonyl (C=O) groups excluding carboxylic acids is 4. The molecule has 2 saturated heterocycles. The summed E-state index contributed by atoms with van der Waals surface area (Å²) in [6.45, 7) is 4.54. The zero-order valence-electron chi connectivity index (χ0n) is 21.7. The third-order valence-corrected chi connectivity index (χ3v) is 8.14. The summed E-state index contributed by atoms with van der Waals surface area (Å²) in [5.74, 6) is -0.880. The van der Waals surface area contributed by atoms with E-state index in [4.69, 9.17) is 4.74 Å². The zero-order valence-corrected chi connectivity index (χ0v) is 21.7. The molecule has 0 unspecified atom stereocenters. The molecule has 0 aromatic rings. The van der Waals surface area contributed by atoms with Gasteiger partial charge in [0, 0.05) is 50.6 Å². The topological polar surface area (TPSA) is 96.0 Å². The van der Waals surface area contributed by atoms with Gasteiger partial charge < -0.3 is 19.9 Å². The molecule has 3 amide bonds. The van der Waals surface area contributed by atoms with E-state index >= 15 is 0 Å². The summed E-state index contributed by atoms with van der Waals surface area (Å²) in [6, 6.07) is 0. The predicted molar refractivity (Wildman–Crippen MR) is 135 cm³/mol. The Kier molecular flexibility index (Phi) is 8.86. The smallest absolute Gasteiger partial charge is 0.318 e. The summed E-state index contributed by atoms with van der Waals surface area (Å²) in [7, 11) is 0. The standard InChI is InChI=1S/C28H41N3O5/c1-2-36-27(35)28-14-6-11-23(28)31(18-13-21-9-4-3-5-10-21)26(34)22(20-28)19-24(32)29-15-8-17-30-16-7-12-25(30)33/h9,11,22H,2-8,10,12-20H2,1H3,(H,29,32)/t22-,28+/m1/s1. The normalized spacial score (nSPS) is 26.0. The van der Waals surface area contributed by atoms with E-state index in [0.717, 1.165) is 44.3 Å². The fraction of sp³-hybridized carbons (Fsp3) is 0.714. The summed E-state index contributed by atoms with van der Waals surface area (Å²) in [4.78, 5) is 55.0. The van der Waals surface area contributed by atoms with E-state index in [1.54, 1.807) is 11.8 Å². The van der Waals surface area contributed by atoms with E-state index in [-0.39, 0.29) is 30.1 Å². The average Bonchev–Trinajstić information content (AvgIpc) is 3.49. The molecule has 2 heterocycles. The van der Waals surface area contributed by atoms with Gasteiger partial charge in [-0.3, -0.25) is 19.2 Å². The number of allylic oxidation sites excluding steroid dienone is 2. The molecule has 198 valence electrons. The number of hydrogen-bond donors (Lipinski definition) is 1. The summed E-state index contributed by atoms with van der Waals surface area (Å²) < 4.78 is 5.49. The fourth-order valence-electron chi connectivity index (χ4n) is 6.27. The largest absolute Gasteiger partial charge is 0.465 e. The molecule has 0 aromatic heterocycles. The molecule has 4 rings (SSSR count). The van der Waals surface area contributed by atoms with Crippen molar-refractivity contribution < 1.29 is 23.9 Å². The van der Waals surface area contributed by atoms with Crippen LogP contribution in [0.5, 0.6) is 0 Å². The molecule has 2 atom stereocenters. The number of nitrogens with zero attached hydrogens (tertiary/aromatic N) is 2. The number of hydrogen-bond acceptors (Lipinski definition) is 5. The van der Waals surface area contributed by atoms with Crippen molar-refractivity contribution in [1.82, 2.24) is 15.1 Å². The van der Waals surface area contributed by atoms with Gasteiger partial charge in [-0.2, -0.15) is 0 Å². The van der Waals surface area contributed by atoms with Crippen molar-refractivity contribution in [1.29, 1.82) is 0 Å². The highest BCUT2D eigenvalue weighted by Gasteiger charge is 2.55. The highest BCUT2D eigenvalue weighted by atomic mass is 16.5. The van der Waals surface area contributed by atoms with E-state index in [0.29, 0.717) is 51.9 Å². The highest BCUT2D eigenvalue weighted by Crippen LogP contribution is 2.51. The summed E-state index contributed by atoms with van der Waals surface area (Å²) >= 11 is 0. The summed E-state index contributed by atoms with van der Waals surface area (Å²) in [6.07, 6.45) is 13.6. The Morgan fingerprint density at radius 1 is 1.11 bits per heavy atom. The van der Waals surface area contributed by atoms with Crippen LogP contribution in [0.4, 0.5) is 0 Å². The zero-order chi connectivity index (χ0) is 25.5. The number of ether oxygens (including phenoxy) is 1. The first-order chi connectivity index (χ1) is 17.4. The van der Waals surface area contributed by atoms with E-state index in [9.17, 15) is 19.2 Å². The van der Waals surface area contributed by atoms with Gasteiger partial charge in [0.2, 0.25) is 17.7 Å². The lowest BCUT2D eigenvalue weighted by Gasteiger charge is -2.44. The van der Waals surface area contributed by atoms with Gasteiger partial charge in [-0.05, 0) is 71.1 Å². The van der Waals surface area contributed by atoms with Crippen LogP contribution in [-0.4, -0.2) is 66.3 Å². The first kappa shape index (κ1) is 26.4. The monoisotopic (exact) mass is 499 g/mol. The Bertz CT molecular complexity index is 926. The number of esters is 1. The van der Waals surface area contributed by atoms with Gasteiger partial charge in [0.1, 0.15) is 5.41 Å². The van der Waals surface area contributed by atoms with Crippen molar-refractivity contribution in [2.24, 2.45) is 11.3 Å². The first-order valence-electron chi connectivity index (χ1n) is 13.9. The van der Waals surface area contributed by atoms with Crippen molar-refractivity contribution >= 4 is 23.7 Å². The maximum atomic E-state index is 13.6. The number of rotatable bonds is 11. The molecule has 0 radical (unpaired) electrons. The van der Waals surface area contributed by atoms with Crippen LogP contribution in [0.2, 0.25) is 0 Å². The molecule has 4 aliphatic rings. The lowest BCUT2D eigenvalue weighted by atomic mass is 9.71. The third kappa shape index (κ3) is 5.84. The van der Waals surface area contributed by atoms with Gasteiger partial charge in [0.25, 0.3) is 0 Å². The maximum Gasteiger partial charge on any atom is 0.318 e. The molecular weight excluding hydrogens is 458 g/mol. The molecule has 8 nitrogen and oxygen atoms in total. The van der Waals surface area contributed by atoms with E-state index in [2.05, 4.69) is 11.4 Å². The predicted octanol–water partition coefficient (Wildman–Crippen LogP) is 3.47. The second-order valence-corrected chi connectivity index (χ2v) is 10.6. The molecule has 1 N–H and O–H groups in total. The molecule has 0 aromatic carbocycles. The van der Waals surface area contributed by atoms with Gasteiger partial charge in [0.05, 0.1) is 6.61 Å². The number of fused-ring (bicyclic) bond motifs is 1. The van der Waals surface area contributed by atoms with Crippen molar-refractivity contribution in [2.45, 2.75) is 84.0 Å². The molecule has 36 heavy (non-hydrogen) atoms. The minimum atomic E-state index is -0.841. The van der Waals surface area contributed by atoms with Crippen LogP contribution in [0.1, 0.15) is 84.0 Å². The lowest BCUT2D eigenvalue weighted by Crippen LogP contribution is -2.52. The van der Waals surface area contributed by atoms with Crippen LogP contribution in [0, 0.1) is 11.3 Å². The van der Waals surface area contributed by atoms with Crippen LogP contribution < -0.4 is 5.32 Å². The summed E-state index contributed by atoms with van der Waals surface area (Å²) in [5, 5.41) is 2.93. The van der Waals surface area contributed by atoms with Crippen LogP contribution in [0.3, 0.4) is 0 Å². The Balaban J connectivity index is 1.40. The number of carbonyl (C=O) groups is 4. The minimum Gasteiger partial charge on any atom is -0.465 e. The maximum absolute atomic E-state index is 13.6. The first-order valence-corrected chi connectivity index (χ1v) is 13.9. The number of likely N-dealkylation sites (tertiary alicyclic amines) is 2. The minimum absolute atomic E-state index is 0.0581. The molecule has 2 fully saturated rings. The Hall–Kier alpha value is -2.64. The van der Waals surface area contributed by atoms with Gasteiger partial charge in [-0.15, -0.1) is 0 Å². The summed E-state index contributed by atoms with van der Waals surface area (Å²) in [5.41, 5.74) is 1.33. The molecule has 2 aliphatic carbocycles. The average molecular weight is 500 g/mol. The molecule has 0 spiro atoms. The van der Waals surface area contributed by atoms with Crippen LogP contribution in [0.15, 0.2) is 23.4 Å². The third-order valence-electron chi connectivity index (χ3n) is 8.14. The van der Waals surface area contributed by atoms with E-state index in [1.807, 2.05) is 11.0 Å². The number of piperidine rings is 1. The van der Waals surface area contributed by atoms with E-state index < -0.39 is 11.3 Å². The van der Waals surface area contributed by atoms with Crippen LogP contribution in [-0.2, 0) is 23.9 Å². The van der Waals surface area contributed by atoms with Crippen molar-refractivity contribution in [3.8, 4) is 0 Å².